The van der Waals surface area contributed by atoms with E-state index >= 15 is 0 Å². The van der Waals surface area contributed by atoms with Gasteiger partial charge in [0.2, 0.25) is 5.91 Å². The lowest BCUT2D eigenvalue weighted by Gasteiger charge is -2.21. The van der Waals surface area contributed by atoms with Crippen LogP contribution in [0.3, 0.4) is 0 Å². The van der Waals surface area contributed by atoms with Crippen molar-refractivity contribution in [3.63, 3.8) is 0 Å². The molecule has 1 amide bonds. The van der Waals surface area contributed by atoms with Gasteiger partial charge in [-0.15, -0.1) is 23.2 Å². The molecule has 92 valence electrons. The first-order chi connectivity index (χ1) is 8.06. The summed E-state index contributed by atoms with van der Waals surface area (Å²) in [6.45, 7) is 4.63. The topological polar surface area (TPSA) is 20.3 Å². The first kappa shape index (κ1) is 12.7. The van der Waals surface area contributed by atoms with Crippen LogP contribution in [0.4, 0.5) is 5.69 Å². The zero-order chi connectivity index (χ0) is 12.6. The van der Waals surface area contributed by atoms with Gasteiger partial charge >= 0.3 is 0 Å². The summed E-state index contributed by atoms with van der Waals surface area (Å²) < 4.78 is 0. The fourth-order valence-electron chi connectivity index (χ4n) is 2.33. The molecule has 2 nitrogen and oxygen atoms in total. The van der Waals surface area contributed by atoms with E-state index in [9.17, 15) is 4.79 Å². The van der Waals surface area contributed by atoms with E-state index < -0.39 is 5.38 Å². The first-order valence-electron chi connectivity index (χ1n) is 5.64. The van der Waals surface area contributed by atoms with Gasteiger partial charge in [0.05, 0.1) is 0 Å². The van der Waals surface area contributed by atoms with Crippen LogP contribution < -0.4 is 4.90 Å². The number of carbonyl (C=O) groups is 1. The van der Waals surface area contributed by atoms with Crippen molar-refractivity contribution in [2.75, 3.05) is 17.3 Å². The fourth-order valence-corrected chi connectivity index (χ4v) is 2.98. The van der Waals surface area contributed by atoms with Crippen LogP contribution in [0.1, 0.15) is 11.1 Å². The maximum atomic E-state index is 12.1. The lowest BCUT2D eigenvalue weighted by atomic mass is 10.1. The Kier molecular flexibility index (Phi) is 3.64. The third-order valence-corrected chi connectivity index (χ3v) is 4.18. The summed E-state index contributed by atoms with van der Waals surface area (Å²) in [5.74, 6) is 0.418. The third kappa shape index (κ3) is 2.16. The first-order valence-corrected chi connectivity index (χ1v) is 6.61. The molecule has 1 aliphatic rings. The smallest absolute Gasteiger partial charge is 0.245 e. The Hall–Kier alpha value is -0.730. The van der Waals surface area contributed by atoms with Crippen molar-refractivity contribution in [1.82, 2.24) is 0 Å². The Balaban J connectivity index is 2.39. The zero-order valence-corrected chi connectivity index (χ0v) is 11.4. The van der Waals surface area contributed by atoms with Crippen LogP contribution in [0, 0.1) is 19.8 Å². The average Bonchev–Trinajstić information content (AvgIpc) is 2.57. The minimum atomic E-state index is -0.494. The van der Waals surface area contributed by atoms with Gasteiger partial charge in [-0.2, -0.15) is 0 Å². The van der Waals surface area contributed by atoms with Gasteiger partial charge in [0.25, 0.3) is 0 Å². The predicted molar refractivity (Wildman–Crippen MR) is 72.1 cm³/mol. The molecule has 1 saturated heterocycles. The maximum absolute atomic E-state index is 12.1. The highest BCUT2D eigenvalue weighted by atomic mass is 35.5. The average molecular weight is 272 g/mol. The third-order valence-electron chi connectivity index (χ3n) is 3.24. The number of anilines is 1. The number of carbonyl (C=O) groups excluding carboxylic acids is 1. The van der Waals surface area contributed by atoms with Crippen LogP contribution in [0.2, 0.25) is 0 Å². The lowest BCUT2D eigenvalue weighted by Crippen LogP contribution is -2.28. The summed E-state index contributed by atoms with van der Waals surface area (Å²) in [5, 5.41) is -0.494. The van der Waals surface area contributed by atoms with Gasteiger partial charge in [0.15, 0.2) is 0 Å². The Labute approximate surface area is 112 Å². The van der Waals surface area contributed by atoms with E-state index in [1.165, 1.54) is 0 Å². The standard InChI is InChI=1S/C13H15Cl2NO/c1-8-4-3-5-9(2)12(8)16-7-10(6-14)11(15)13(16)17/h3-5,10-11H,6-7H2,1-2H3. The van der Waals surface area contributed by atoms with Gasteiger partial charge in [0.1, 0.15) is 5.38 Å². The molecule has 1 aromatic rings. The van der Waals surface area contributed by atoms with Crippen LogP contribution in [-0.4, -0.2) is 23.7 Å². The highest BCUT2D eigenvalue weighted by Crippen LogP contribution is 2.33. The monoisotopic (exact) mass is 271 g/mol. The number of halogens is 2. The lowest BCUT2D eigenvalue weighted by molar-refractivity contribution is -0.117. The van der Waals surface area contributed by atoms with Gasteiger partial charge in [-0.1, -0.05) is 18.2 Å². The van der Waals surface area contributed by atoms with E-state index in [2.05, 4.69) is 0 Å². The minimum absolute atomic E-state index is 0.0323. The Bertz CT molecular complexity index is 427. The molecule has 0 aliphatic carbocycles. The van der Waals surface area contributed by atoms with E-state index in [0.717, 1.165) is 16.8 Å². The summed E-state index contributed by atoms with van der Waals surface area (Å²) in [5.41, 5.74) is 3.17. The van der Waals surface area contributed by atoms with Crippen LogP contribution in [0.15, 0.2) is 18.2 Å². The molecule has 1 fully saturated rings. The van der Waals surface area contributed by atoms with Gasteiger partial charge in [0, 0.05) is 24.0 Å². The molecule has 1 aromatic carbocycles. The SMILES string of the molecule is Cc1cccc(C)c1N1CC(CCl)C(Cl)C1=O. The number of nitrogens with zero attached hydrogens (tertiary/aromatic N) is 1. The molecule has 0 radical (unpaired) electrons. The predicted octanol–water partition coefficient (Wildman–Crippen LogP) is 3.11. The van der Waals surface area contributed by atoms with Gasteiger partial charge in [-0.3, -0.25) is 4.79 Å². The molecule has 2 rings (SSSR count). The molecule has 0 aromatic heterocycles. The Morgan fingerprint density at radius 1 is 1.35 bits per heavy atom. The van der Waals surface area contributed by atoms with Crippen molar-refractivity contribution in [2.24, 2.45) is 5.92 Å². The zero-order valence-electron chi connectivity index (χ0n) is 9.91. The largest absolute Gasteiger partial charge is 0.310 e. The normalized spacial score (nSPS) is 24.5. The molecular formula is C13H15Cl2NO. The highest BCUT2D eigenvalue weighted by molar-refractivity contribution is 6.35. The number of hydrogen-bond donors (Lipinski definition) is 0. The fraction of sp³-hybridized carbons (Fsp3) is 0.462. The van der Waals surface area contributed by atoms with Gasteiger partial charge in [-0.25, -0.2) is 0 Å². The van der Waals surface area contributed by atoms with E-state index in [-0.39, 0.29) is 11.8 Å². The molecule has 17 heavy (non-hydrogen) atoms. The molecule has 0 bridgehead atoms. The van der Waals surface area contributed by atoms with E-state index in [1.807, 2.05) is 32.0 Å². The second-order valence-corrected chi connectivity index (χ2v) is 5.28. The second-order valence-electron chi connectivity index (χ2n) is 4.51. The van der Waals surface area contributed by atoms with Gasteiger partial charge < -0.3 is 4.90 Å². The number of rotatable bonds is 2. The van der Waals surface area contributed by atoms with Crippen molar-refractivity contribution in [1.29, 1.82) is 0 Å². The number of benzene rings is 1. The molecular weight excluding hydrogens is 257 g/mol. The van der Waals surface area contributed by atoms with Gasteiger partial charge in [-0.05, 0) is 25.0 Å². The van der Waals surface area contributed by atoms with Crippen LogP contribution in [0.25, 0.3) is 0 Å². The second kappa shape index (κ2) is 4.87. The molecule has 4 heteroatoms. The Morgan fingerprint density at radius 3 is 2.41 bits per heavy atom. The van der Waals surface area contributed by atoms with Crippen LogP contribution in [0.5, 0.6) is 0 Å². The quantitative estimate of drug-likeness (QED) is 0.757. The number of hydrogen-bond acceptors (Lipinski definition) is 1. The molecule has 0 spiro atoms. The Morgan fingerprint density at radius 2 is 1.94 bits per heavy atom. The molecule has 2 atom stereocenters. The number of amides is 1. The number of para-hydroxylation sites is 1. The van der Waals surface area contributed by atoms with E-state index in [4.69, 9.17) is 23.2 Å². The molecule has 2 unspecified atom stereocenters. The van der Waals surface area contributed by atoms with Crippen molar-refractivity contribution in [3.05, 3.63) is 29.3 Å². The summed E-state index contributed by atoms with van der Waals surface area (Å²) in [6, 6.07) is 6.01. The van der Waals surface area contributed by atoms with Crippen LogP contribution in [-0.2, 0) is 4.79 Å². The van der Waals surface area contributed by atoms with Crippen molar-refractivity contribution in [2.45, 2.75) is 19.2 Å². The summed E-state index contributed by atoms with van der Waals surface area (Å²) in [7, 11) is 0. The number of alkyl halides is 2. The summed E-state index contributed by atoms with van der Waals surface area (Å²) in [6.07, 6.45) is 0. The molecule has 0 N–H and O–H groups in total. The summed E-state index contributed by atoms with van der Waals surface area (Å²) in [4.78, 5) is 13.9. The molecule has 1 heterocycles. The van der Waals surface area contributed by atoms with Crippen LogP contribution >= 0.6 is 23.2 Å². The minimum Gasteiger partial charge on any atom is -0.310 e. The van der Waals surface area contributed by atoms with Crippen molar-refractivity contribution >= 4 is 34.8 Å². The van der Waals surface area contributed by atoms with Crippen molar-refractivity contribution < 1.29 is 4.79 Å². The molecule has 0 saturated carbocycles. The highest BCUT2D eigenvalue weighted by Gasteiger charge is 2.40. The van der Waals surface area contributed by atoms with E-state index in [0.29, 0.717) is 12.4 Å². The molecule has 1 aliphatic heterocycles. The summed E-state index contributed by atoms with van der Waals surface area (Å²) >= 11 is 11.9. The number of aryl methyl sites for hydroxylation is 2. The van der Waals surface area contributed by atoms with E-state index in [1.54, 1.807) is 4.90 Å². The maximum Gasteiger partial charge on any atom is 0.245 e. The van der Waals surface area contributed by atoms with Crippen molar-refractivity contribution in [3.8, 4) is 0 Å².